The molecular formula is C32H36ClN3O9S4. The van der Waals surface area contributed by atoms with E-state index in [4.69, 9.17) is 20.7 Å². The summed E-state index contributed by atoms with van der Waals surface area (Å²) in [5.74, 6) is 2.07. The van der Waals surface area contributed by atoms with Gasteiger partial charge in [-0.15, -0.1) is 0 Å². The van der Waals surface area contributed by atoms with Crippen molar-refractivity contribution in [2.24, 2.45) is 0 Å². The first kappa shape index (κ1) is 38.8. The van der Waals surface area contributed by atoms with Crippen LogP contribution in [-0.4, -0.2) is 78.8 Å². The second-order valence-electron chi connectivity index (χ2n) is 10.7. The van der Waals surface area contributed by atoms with Crippen LogP contribution in [0.25, 0.3) is 21.0 Å². The molecule has 0 aliphatic carbocycles. The maximum atomic E-state index is 11.6. The van der Waals surface area contributed by atoms with Crippen molar-refractivity contribution < 1.29 is 36.2 Å². The number of thioether (sulfide) groups is 1. The van der Waals surface area contributed by atoms with Gasteiger partial charge in [-0.2, -0.15) is 28.6 Å². The molecule has 12 nitrogen and oxygen atoms in total. The predicted molar refractivity (Wildman–Crippen MR) is 195 cm³/mol. The zero-order chi connectivity index (χ0) is 35.6. The minimum Gasteiger partial charge on any atom is -0.506 e. The smallest absolute Gasteiger partial charge is 0.305 e. The normalized spacial score (nSPS) is 12.6. The van der Waals surface area contributed by atoms with Crippen LogP contribution < -0.4 is 15.5 Å². The Bertz CT molecular complexity index is 2090. The quantitative estimate of drug-likeness (QED) is 0.0563. The first-order chi connectivity index (χ1) is 23.3. The fourth-order valence-corrected chi connectivity index (χ4v) is 8.35. The lowest BCUT2D eigenvalue weighted by molar-refractivity contribution is 0.177. The van der Waals surface area contributed by atoms with Crippen LogP contribution in [0.1, 0.15) is 23.7 Å². The van der Waals surface area contributed by atoms with Crippen LogP contribution in [0.5, 0.6) is 5.75 Å². The molecule has 5 aromatic rings. The van der Waals surface area contributed by atoms with Gasteiger partial charge in [0.1, 0.15) is 21.1 Å². The summed E-state index contributed by atoms with van der Waals surface area (Å²) in [6.07, 6.45) is 1.31. The number of phenols is 1. The van der Waals surface area contributed by atoms with E-state index in [-0.39, 0.29) is 21.4 Å². The standard InChI is InChI=1S/C22H28ClN3O3S2.C10H8O6S2/c23-17-5-2-1-4-15(17)8-10-24-9-3-12-30-13-11-25-14-19(28)16-6-7-18(27)20-21(16)31-22(29)26-20;11-17(12,13)9-5-1-3-7-8(9)4-2-6-10(7)18(14,15)16/h1-2,4-7,19,24-25,27-28H,3,8-14H2,(H,26,29);1-6H,(H,11,12,13)(H,14,15,16)/t19-;/m0./s1. The Morgan fingerprint density at radius 3 is 2.10 bits per heavy atom. The average Bonchev–Trinajstić information content (AvgIpc) is 3.45. The van der Waals surface area contributed by atoms with Gasteiger partial charge in [0.05, 0.1) is 10.8 Å². The summed E-state index contributed by atoms with van der Waals surface area (Å²) in [4.78, 5) is 13.1. The van der Waals surface area contributed by atoms with Crippen LogP contribution >= 0.6 is 34.7 Å². The number of H-pyrrole nitrogens is 1. The van der Waals surface area contributed by atoms with E-state index in [1.54, 1.807) is 6.07 Å². The molecule has 0 spiro atoms. The maximum Gasteiger partial charge on any atom is 0.305 e. The molecule has 0 bridgehead atoms. The fourth-order valence-electron chi connectivity index (χ4n) is 4.95. The predicted octanol–water partition coefficient (Wildman–Crippen LogP) is 4.86. The van der Waals surface area contributed by atoms with Gasteiger partial charge in [0.25, 0.3) is 20.2 Å². The molecule has 0 aliphatic rings. The largest absolute Gasteiger partial charge is 0.506 e. The number of fused-ring (bicyclic) bond motifs is 2. The molecule has 0 unspecified atom stereocenters. The van der Waals surface area contributed by atoms with Crippen molar-refractivity contribution in [1.29, 1.82) is 0 Å². The minimum atomic E-state index is -4.47. The highest BCUT2D eigenvalue weighted by molar-refractivity contribution is 7.99. The molecule has 0 saturated heterocycles. The number of nitrogens with one attached hydrogen (secondary N) is 3. The van der Waals surface area contributed by atoms with Gasteiger partial charge in [0, 0.05) is 40.2 Å². The first-order valence-corrected chi connectivity index (χ1v) is 20.2. The van der Waals surface area contributed by atoms with E-state index >= 15 is 0 Å². The van der Waals surface area contributed by atoms with Crippen LogP contribution in [0.3, 0.4) is 0 Å². The molecule has 1 atom stereocenters. The number of benzene rings is 4. The molecule has 7 N–H and O–H groups in total. The topological polar surface area (TPSA) is 206 Å². The van der Waals surface area contributed by atoms with Crippen molar-refractivity contribution in [2.45, 2.75) is 28.7 Å². The van der Waals surface area contributed by atoms with Crippen molar-refractivity contribution in [3.8, 4) is 5.75 Å². The number of phenolic OH excluding ortho intramolecular Hbond substituents is 1. The van der Waals surface area contributed by atoms with Gasteiger partial charge in [-0.05, 0) is 61.5 Å². The molecule has 17 heteroatoms. The summed E-state index contributed by atoms with van der Waals surface area (Å²) >= 11 is 9.04. The Balaban J connectivity index is 0.000000254. The number of rotatable bonds is 15. The molecule has 0 amide bonds. The van der Waals surface area contributed by atoms with Crippen molar-refractivity contribution in [1.82, 2.24) is 15.6 Å². The van der Waals surface area contributed by atoms with Crippen molar-refractivity contribution in [3.05, 3.63) is 98.6 Å². The summed E-state index contributed by atoms with van der Waals surface area (Å²) in [6.45, 7) is 3.11. The number of aliphatic hydroxyl groups is 1. The van der Waals surface area contributed by atoms with Crippen LogP contribution in [-0.2, 0) is 26.7 Å². The number of halogens is 1. The number of thiazole rings is 1. The zero-order valence-corrected chi connectivity index (χ0v) is 30.0. The third-order valence-corrected chi connectivity index (χ3v) is 11.5. The highest BCUT2D eigenvalue weighted by Gasteiger charge is 2.19. The lowest BCUT2D eigenvalue weighted by Gasteiger charge is -2.13. The summed E-state index contributed by atoms with van der Waals surface area (Å²) < 4.78 is 63.3. The third kappa shape index (κ3) is 11.0. The minimum absolute atomic E-state index is 0.0204. The van der Waals surface area contributed by atoms with Crippen LogP contribution in [0.2, 0.25) is 5.02 Å². The molecule has 0 aliphatic heterocycles. The number of aromatic hydroxyl groups is 1. The van der Waals surface area contributed by atoms with Gasteiger partial charge in [-0.25, -0.2) is 0 Å². The van der Waals surface area contributed by atoms with Crippen molar-refractivity contribution >= 4 is 75.9 Å². The van der Waals surface area contributed by atoms with E-state index in [2.05, 4.69) is 21.7 Å². The Morgan fingerprint density at radius 2 is 1.47 bits per heavy atom. The van der Waals surface area contributed by atoms with E-state index in [0.29, 0.717) is 22.3 Å². The second kappa shape index (κ2) is 17.8. The van der Waals surface area contributed by atoms with E-state index < -0.39 is 36.1 Å². The Morgan fingerprint density at radius 1 is 0.816 bits per heavy atom. The molecule has 1 heterocycles. The molecule has 264 valence electrons. The van der Waals surface area contributed by atoms with Gasteiger partial charge >= 0.3 is 4.87 Å². The van der Waals surface area contributed by atoms with Crippen molar-refractivity contribution in [3.63, 3.8) is 0 Å². The van der Waals surface area contributed by atoms with Crippen LogP contribution in [0.4, 0.5) is 0 Å². The molecule has 1 aromatic heterocycles. The number of aliphatic hydroxyl groups excluding tert-OH is 1. The summed E-state index contributed by atoms with van der Waals surface area (Å²) in [5.41, 5.74) is 2.22. The number of hydrogen-bond donors (Lipinski definition) is 7. The van der Waals surface area contributed by atoms with E-state index in [1.807, 2.05) is 30.0 Å². The lowest BCUT2D eigenvalue weighted by atomic mass is 10.1. The Labute approximate surface area is 297 Å². The summed E-state index contributed by atoms with van der Waals surface area (Å²) in [5, 5.41) is 27.9. The maximum absolute atomic E-state index is 11.6. The summed E-state index contributed by atoms with van der Waals surface area (Å²) in [6, 6.07) is 18.6. The van der Waals surface area contributed by atoms with Gasteiger partial charge in [-0.1, -0.05) is 71.5 Å². The molecule has 0 saturated carbocycles. The fraction of sp³-hybridized carbons (Fsp3) is 0.281. The van der Waals surface area contributed by atoms with Crippen molar-refractivity contribution in [2.75, 3.05) is 37.7 Å². The summed E-state index contributed by atoms with van der Waals surface area (Å²) in [7, 11) is -8.94. The number of aromatic amines is 1. The van der Waals surface area contributed by atoms with Crippen LogP contribution in [0.15, 0.2) is 87.4 Å². The lowest BCUT2D eigenvalue weighted by Crippen LogP contribution is -2.24. The molecule has 0 radical (unpaired) electrons. The Kier molecular flexibility index (Phi) is 14.0. The van der Waals surface area contributed by atoms with E-state index in [1.165, 1.54) is 35.9 Å². The first-order valence-electron chi connectivity index (χ1n) is 15.0. The van der Waals surface area contributed by atoms with Gasteiger partial charge in [-0.3, -0.25) is 13.9 Å². The SMILES string of the molecule is O=S(=O)(O)c1cccc2c(S(=O)(=O)O)cccc12.O=c1[nH]c2c(O)ccc([C@@H](O)CNCCSCCCNCCc3ccccc3Cl)c2s1. The second-order valence-corrected chi connectivity index (χ2v) is 16.1. The highest BCUT2D eigenvalue weighted by Crippen LogP contribution is 2.31. The molecule has 0 fully saturated rings. The molecular weight excluding hydrogens is 734 g/mol. The highest BCUT2D eigenvalue weighted by atomic mass is 35.5. The molecule has 5 rings (SSSR count). The Hall–Kier alpha value is -3.03. The van der Waals surface area contributed by atoms with E-state index in [9.17, 15) is 31.8 Å². The van der Waals surface area contributed by atoms with Crippen LogP contribution in [0, 0.1) is 0 Å². The van der Waals surface area contributed by atoms with Gasteiger partial charge in [0.15, 0.2) is 0 Å². The molecule has 49 heavy (non-hydrogen) atoms. The van der Waals surface area contributed by atoms with E-state index in [0.717, 1.165) is 72.5 Å². The van der Waals surface area contributed by atoms with Gasteiger partial charge in [0.2, 0.25) is 0 Å². The zero-order valence-electron chi connectivity index (χ0n) is 26.0. The number of aromatic nitrogens is 1. The van der Waals surface area contributed by atoms with Gasteiger partial charge < -0.3 is 25.8 Å². The third-order valence-electron chi connectivity index (χ3n) is 7.28. The monoisotopic (exact) mass is 769 g/mol. The molecule has 4 aromatic carbocycles. The number of hydrogen-bond acceptors (Lipinski definition) is 11. The average molecular weight is 770 g/mol.